The second-order valence-electron chi connectivity index (χ2n) is 6.64. The van der Waals surface area contributed by atoms with E-state index in [-0.39, 0.29) is 5.91 Å². The lowest BCUT2D eigenvalue weighted by molar-refractivity contribution is -0.192. The number of halogens is 4. The van der Waals surface area contributed by atoms with Crippen LogP contribution in [0.25, 0.3) is 33.5 Å². The van der Waals surface area contributed by atoms with E-state index in [9.17, 15) is 18.0 Å². The van der Waals surface area contributed by atoms with Gasteiger partial charge < -0.3 is 21.1 Å². The van der Waals surface area contributed by atoms with Gasteiger partial charge in [0.15, 0.2) is 5.65 Å². The number of carboxylic acids is 1. The van der Waals surface area contributed by atoms with Gasteiger partial charge in [-0.3, -0.25) is 9.48 Å². The number of hydrogen-bond acceptors (Lipinski definition) is 6. The van der Waals surface area contributed by atoms with E-state index in [0.29, 0.717) is 46.2 Å². The van der Waals surface area contributed by atoms with Gasteiger partial charge in [0.25, 0.3) is 5.91 Å². The molecule has 0 bridgehead atoms. The lowest BCUT2D eigenvalue weighted by Crippen LogP contribution is -2.28. The fourth-order valence-corrected chi connectivity index (χ4v) is 3.05. The zero-order valence-corrected chi connectivity index (χ0v) is 17.7. The lowest BCUT2D eigenvalue weighted by Gasteiger charge is -2.02. The van der Waals surface area contributed by atoms with E-state index in [1.165, 1.54) is 0 Å². The Kier molecular flexibility index (Phi) is 6.84. The summed E-state index contributed by atoms with van der Waals surface area (Å²) in [6, 6.07) is 5.56. The van der Waals surface area contributed by atoms with Gasteiger partial charge in [0.1, 0.15) is 16.9 Å². The molecule has 174 valence electrons. The Bertz CT molecular complexity index is 1330. The smallest absolute Gasteiger partial charge is 0.475 e. The predicted octanol–water partition coefficient (Wildman–Crippen LogP) is 2.49. The third-order valence-electron chi connectivity index (χ3n) is 4.35. The maximum absolute atomic E-state index is 12.3. The fraction of sp³-hybridized carbons (Fsp3) is 0.211. The van der Waals surface area contributed by atoms with Gasteiger partial charge in [-0.15, -0.1) is 0 Å². The highest BCUT2D eigenvalue weighted by molar-refractivity contribution is 6.31. The number of fused-ring (bicyclic) bond motifs is 2. The fourth-order valence-electron chi connectivity index (χ4n) is 2.88. The molecule has 33 heavy (non-hydrogen) atoms. The molecular formula is C19H17ClF3N7O3. The second kappa shape index (κ2) is 9.42. The van der Waals surface area contributed by atoms with E-state index in [2.05, 4.69) is 25.4 Å². The van der Waals surface area contributed by atoms with Gasteiger partial charge in [0.2, 0.25) is 0 Å². The molecule has 0 aliphatic heterocycles. The van der Waals surface area contributed by atoms with Crippen molar-refractivity contribution in [3.63, 3.8) is 0 Å². The molecule has 0 radical (unpaired) electrons. The van der Waals surface area contributed by atoms with Crippen molar-refractivity contribution >= 4 is 45.5 Å². The number of carbonyl (C=O) groups is 2. The number of carboxylic acid groups (broad SMARTS) is 1. The van der Waals surface area contributed by atoms with Crippen LogP contribution in [-0.4, -0.2) is 61.0 Å². The van der Waals surface area contributed by atoms with Gasteiger partial charge in [-0.2, -0.15) is 18.3 Å². The molecule has 14 heteroatoms. The van der Waals surface area contributed by atoms with Crippen molar-refractivity contribution in [2.75, 3.05) is 13.1 Å². The Labute approximate surface area is 188 Å². The molecule has 1 aromatic carbocycles. The molecule has 3 aromatic heterocycles. The minimum atomic E-state index is -5.08. The molecule has 0 aliphatic carbocycles. The van der Waals surface area contributed by atoms with Gasteiger partial charge in [-0.05, 0) is 18.2 Å². The number of aromatic nitrogens is 5. The number of aliphatic carboxylic acids is 1. The number of amides is 1. The number of rotatable bonds is 4. The first-order valence-corrected chi connectivity index (χ1v) is 9.66. The molecule has 0 saturated carbocycles. The Morgan fingerprint density at radius 2 is 2.03 bits per heavy atom. The van der Waals surface area contributed by atoms with E-state index in [0.717, 1.165) is 10.9 Å². The normalized spacial score (nSPS) is 11.3. The van der Waals surface area contributed by atoms with Crippen molar-refractivity contribution in [2.45, 2.75) is 6.18 Å². The number of alkyl halides is 3. The summed E-state index contributed by atoms with van der Waals surface area (Å²) in [6.07, 6.45) is -1.85. The first-order valence-electron chi connectivity index (χ1n) is 9.28. The van der Waals surface area contributed by atoms with Crippen LogP contribution in [0.15, 0.2) is 30.6 Å². The number of hydrogen-bond donors (Lipinski definition) is 4. The number of aromatic amines is 1. The molecule has 0 saturated heterocycles. The third-order valence-corrected chi connectivity index (χ3v) is 4.59. The van der Waals surface area contributed by atoms with Gasteiger partial charge >= 0.3 is 12.1 Å². The molecule has 0 aliphatic rings. The van der Waals surface area contributed by atoms with E-state index < -0.39 is 12.1 Å². The molecule has 0 unspecified atom stereocenters. The van der Waals surface area contributed by atoms with Gasteiger partial charge in [0, 0.05) is 36.7 Å². The second-order valence-corrected chi connectivity index (χ2v) is 7.07. The van der Waals surface area contributed by atoms with E-state index in [1.807, 2.05) is 25.2 Å². The number of nitrogens with one attached hydrogen (secondary N) is 2. The quantitative estimate of drug-likeness (QED) is 0.348. The highest BCUT2D eigenvalue weighted by atomic mass is 35.5. The largest absolute Gasteiger partial charge is 0.490 e. The van der Waals surface area contributed by atoms with Gasteiger partial charge in [0.05, 0.1) is 17.3 Å². The molecule has 0 atom stereocenters. The summed E-state index contributed by atoms with van der Waals surface area (Å²) in [5.41, 5.74) is 9.05. The van der Waals surface area contributed by atoms with Crippen LogP contribution in [0.1, 0.15) is 10.4 Å². The van der Waals surface area contributed by atoms with Crippen molar-refractivity contribution in [2.24, 2.45) is 12.8 Å². The van der Waals surface area contributed by atoms with Crippen molar-refractivity contribution < 1.29 is 27.9 Å². The summed E-state index contributed by atoms with van der Waals surface area (Å²) in [4.78, 5) is 33.2. The molecule has 5 N–H and O–H groups in total. The van der Waals surface area contributed by atoms with Crippen molar-refractivity contribution in [3.8, 4) is 11.4 Å². The highest BCUT2D eigenvalue weighted by Gasteiger charge is 2.38. The molecule has 3 heterocycles. The van der Waals surface area contributed by atoms with Crippen LogP contribution in [0.5, 0.6) is 0 Å². The molecule has 10 nitrogen and oxygen atoms in total. The molecule has 4 rings (SSSR count). The number of aryl methyl sites for hydroxylation is 1. The summed E-state index contributed by atoms with van der Waals surface area (Å²) < 4.78 is 33.5. The summed E-state index contributed by atoms with van der Waals surface area (Å²) in [7, 11) is 1.84. The standard InChI is InChI=1S/C17H16ClN7O.C2HF3O2/c1-25-13-6-9(18)2-3-10(13)14(24-25)12-8-22-16-15(23-12)11(7-21-16)17(26)20-5-4-19;3-2(4,5)1(6)7/h2-3,6-8H,4-5,19H2,1H3,(H,20,26)(H,21,22);(H,6,7). The highest BCUT2D eigenvalue weighted by Crippen LogP contribution is 2.29. The first-order chi connectivity index (χ1) is 15.5. The summed E-state index contributed by atoms with van der Waals surface area (Å²) >= 11 is 6.08. The number of carbonyl (C=O) groups excluding carboxylic acids is 1. The number of H-pyrrole nitrogens is 1. The zero-order chi connectivity index (χ0) is 24.3. The number of nitrogens with zero attached hydrogens (tertiary/aromatic N) is 4. The Morgan fingerprint density at radius 1 is 1.33 bits per heavy atom. The Morgan fingerprint density at radius 3 is 2.67 bits per heavy atom. The van der Waals surface area contributed by atoms with Crippen LogP contribution < -0.4 is 11.1 Å². The Balaban J connectivity index is 0.000000383. The van der Waals surface area contributed by atoms with Gasteiger partial charge in [-0.25, -0.2) is 14.8 Å². The van der Waals surface area contributed by atoms with E-state index in [4.69, 9.17) is 27.2 Å². The van der Waals surface area contributed by atoms with E-state index in [1.54, 1.807) is 17.1 Å². The topological polar surface area (TPSA) is 152 Å². The van der Waals surface area contributed by atoms with Crippen LogP contribution in [0, 0.1) is 0 Å². The van der Waals surface area contributed by atoms with Crippen LogP contribution in [0.4, 0.5) is 13.2 Å². The minimum Gasteiger partial charge on any atom is -0.475 e. The zero-order valence-electron chi connectivity index (χ0n) is 16.9. The number of benzene rings is 1. The minimum absolute atomic E-state index is 0.245. The number of nitrogens with two attached hydrogens (primary N) is 1. The Hall–Kier alpha value is -3.71. The van der Waals surface area contributed by atoms with Crippen LogP contribution in [0.3, 0.4) is 0 Å². The van der Waals surface area contributed by atoms with Crippen molar-refractivity contribution in [1.29, 1.82) is 0 Å². The van der Waals surface area contributed by atoms with Crippen molar-refractivity contribution in [3.05, 3.63) is 41.2 Å². The first kappa shape index (κ1) is 23.9. The average Bonchev–Trinajstić information content (AvgIpc) is 3.32. The average molecular weight is 484 g/mol. The predicted molar refractivity (Wildman–Crippen MR) is 114 cm³/mol. The third kappa shape index (κ3) is 5.21. The summed E-state index contributed by atoms with van der Waals surface area (Å²) in [6.45, 7) is 0.762. The van der Waals surface area contributed by atoms with Crippen LogP contribution >= 0.6 is 11.6 Å². The molecule has 1 amide bonds. The lowest BCUT2D eigenvalue weighted by atomic mass is 10.1. The SMILES string of the molecule is Cn1nc(-c2cnc3[nH]cc(C(=O)NCCN)c3n2)c2ccc(Cl)cc21.O=C(O)C(F)(F)F. The summed E-state index contributed by atoms with van der Waals surface area (Å²) in [5.74, 6) is -3.00. The molecule has 4 aromatic rings. The van der Waals surface area contributed by atoms with E-state index >= 15 is 0 Å². The molecule has 0 spiro atoms. The maximum Gasteiger partial charge on any atom is 0.490 e. The maximum atomic E-state index is 12.3. The van der Waals surface area contributed by atoms with Crippen LogP contribution in [0.2, 0.25) is 5.02 Å². The monoisotopic (exact) mass is 483 g/mol. The van der Waals surface area contributed by atoms with Gasteiger partial charge in [-0.1, -0.05) is 11.6 Å². The summed E-state index contributed by atoms with van der Waals surface area (Å²) in [5, 5.41) is 16.0. The molecular weight excluding hydrogens is 467 g/mol. The molecule has 0 fully saturated rings. The van der Waals surface area contributed by atoms with Crippen LogP contribution in [-0.2, 0) is 11.8 Å². The van der Waals surface area contributed by atoms with Crippen molar-refractivity contribution in [1.82, 2.24) is 30.0 Å².